The number of aryl methyl sites for hydroxylation is 1. The highest BCUT2D eigenvalue weighted by Crippen LogP contribution is 2.27. The van der Waals surface area contributed by atoms with Crippen molar-refractivity contribution in [3.8, 4) is 11.5 Å². The van der Waals surface area contributed by atoms with Gasteiger partial charge in [0.05, 0.1) is 0 Å². The van der Waals surface area contributed by atoms with Gasteiger partial charge in [-0.1, -0.05) is 17.7 Å². The number of nitrogens with one attached hydrogen (secondary N) is 1. The second-order valence-corrected chi connectivity index (χ2v) is 6.20. The maximum absolute atomic E-state index is 12.2. The number of nitrogens with two attached hydrogens (primary N) is 1. The van der Waals surface area contributed by atoms with E-state index < -0.39 is 0 Å². The standard InChI is InChI=1S/C19H22N2O2/c1-13-2-8-17(9-3-13)23-18-10-6-16(7-11-18)21-19(22)14-4-5-15(20)12-14/h2-3,6-11,14-15H,4-5,12,20H2,1H3,(H,21,22). The topological polar surface area (TPSA) is 64.3 Å². The molecule has 0 bridgehead atoms. The summed E-state index contributed by atoms with van der Waals surface area (Å²) in [5.74, 6) is 1.64. The number of benzene rings is 2. The van der Waals surface area contributed by atoms with E-state index in [9.17, 15) is 4.79 Å². The van der Waals surface area contributed by atoms with Crippen molar-refractivity contribution in [3.05, 3.63) is 54.1 Å². The molecule has 120 valence electrons. The second kappa shape index (κ2) is 6.84. The van der Waals surface area contributed by atoms with Crippen molar-refractivity contribution in [2.24, 2.45) is 11.7 Å². The first-order valence-electron chi connectivity index (χ1n) is 8.01. The molecule has 1 fully saturated rings. The van der Waals surface area contributed by atoms with Gasteiger partial charge in [-0.3, -0.25) is 4.79 Å². The van der Waals surface area contributed by atoms with Crippen LogP contribution in [0.15, 0.2) is 48.5 Å². The number of carbonyl (C=O) groups is 1. The molecular formula is C19H22N2O2. The van der Waals surface area contributed by atoms with E-state index in [1.165, 1.54) is 5.56 Å². The molecule has 2 unspecified atom stereocenters. The average Bonchev–Trinajstić information content (AvgIpc) is 2.98. The first-order chi connectivity index (χ1) is 11.1. The molecule has 4 nitrogen and oxygen atoms in total. The fourth-order valence-electron chi connectivity index (χ4n) is 2.85. The molecule has 0 saturated heterocycles. The predicted octanol–water partition coefficient (Wildman–Crippen LogP) is 3.85. The van der Waals surface area contributed by atoms with Crippen LogP contribution < -0.4 is 15.8 Å². The molecule has 4 heteroatoms. The van der Waals surface area contributed by atoms with Crippen molar-refractivity contribution in [1.29, 1.82) is 0 Å². The van der Waals surface area contributed by atoms with Gasteiger partial charge in [0.25, 0.3) is 0 Å². The Morgan fingerprint density at radius 1 is 1.04 bits per heavy atom. The van der Waals surface area contributed by atoms with Gasteiger partial charge < -0.3 is 15.8 Å². The lowest BCUT2D eigenvalue weighted by Crippen LogP contribution is -2.23. The minimum Gasteiger partial charge on any atom is -0.457 e. The number of carbonyl (C=O) groups excluding carboxylic acids is 1. The third-order valence-electron chi connectivity index (χ3n) is 4.22. The molecule has 0 radical (unpaired) electrons. The molecule has 2 aromatic rings. The molecule has 3 rings (SSSR count). The molecule has 0 aliphatic heterocycles. The minimum atomic E-state index is 0.0356. The molecule has 2 aromatic carbocycles. The molecule has 1 aliphatic rings. The van der Waals surface area contributed by atoms with Crippen molar-refractivity contribution in [1.82, 2.24) is 0 Å². The maximum Gasteiger partial charge on any atom is 0.227 e. The zero-order valence-corrected chi connectivity index (χ0v) is 13.3. The van der Waals surface area contributed by atoms with E-state index in [1.807, 2.05) is 55.5 Å². The summed E-state index contributed by atoms with van der Waals surface area (Å²) < 4.78 is 5.78. The summed E-state index contributed by atoms with van der Waals surface area (Å²) in [6, 6.07) is 15.5. The van der Waals surface area contributed by atoms with Gasteiger partial charge in [-0.15, -0.1) is 0 Å². The third-order valence-corrected chi connectivity index (χ3v) is 4.22. The summed E-state index contributed by atoms with van der Waals surface area (Å²) in [5, 5.41) is 2.95. The van der Waals surface area contributed by atoms with Gasteiger partial charge in [-0.25, -0.2) is 0 Å². The third kappa shape index (κ3) is 4.11. The monoisotopic (exact) mass is 310 g/mol. The fourth-order valence-corrected chi connectivity index (χ4v) is 2.85. The quantitative estimate of drug-likeness (QED) is 0.901. The second-order valence-electron chi connectivity index (χ2n) is 6.20. The summed E-state index contributed by atoms with van der Waals surface area (Å²) in [5.41, 5.74) is 7.84. The minimum absolute atomic E-state index is 0.0356. The molecule has 23 heavy (non-hydrogen) atoms. The van der Waals surface area contributed by atoms with Crippen molar-refractivity contribution < 1.29 is 9.53 Å². The Morgan fingerprint density at radius 2 is 1.65 bits per heavy atom. The first kappa shape index (κ1) is 15.6. The molecule has 0 heterocycles. The zero-order chi connectivity index (χ0) is 16.2. The van der Waals surface area contributed by atoms with Gasteiger partial charge >= 0.3 is 0 Å². The van der Waals surface area contributed by atoms with Crippen LogP contribution in [0.25, 0.3) is 0 Å². The summed E-state index contributed by atoms with van der Waals surface area (Å²) in [7, 11) is 0. The lowest BCUT2D eigenvalue weighted by atomic mass is 10.1. The van der Waals surface area contributed by atoms with Crippen LogP contribution in [-0.4, -0.2) is 11.9 Å². The van der Waals surface area contributed by atoms with Gasteiger partial charge in [0, 0.05) is 17.6 Å². The molecule has 1 amide bonds. The van der Waals surface area contributed by atoms with E-state index >= 15 is 0 Å². The van der Waals surface area contributed by atoms with Crippen LogP contribution in [0, 0.1) is 12.8 Å². The van der Waals surface area contributed by atoms with E-state index in [1.54, 1.807) is 0 Å². The number of rotatable bonds is 4. The van der Waals surface area contributed by atoms with E-state index in [0.29, 0.717) is 0 Å². The van der Waals surface area contributed by atoms with Crippen molar-refractivity contribution >= 4 is 11.6 Å². The highest BCUT2D eigenvalue weighted by atomic mass is 16.5. The molecule has 1 saturated carbocycles. The Hall–Kier alpha value is -2.33. The van der Waals surface area contributed by atoms with Crippen LogP contribution in [-0.2, 0) is 4.79 Å². The summed E-state index contributed by atoms with van der Waals surface area (Å²) in [6.45, 7) is 2.04. The van der Waals surface area contributed by atoms with Gasteiger partial charge in [0.1, 0.15) is 11.5 Å². The van der Waals surface area contributed by atoms with Gasteiger partial charge in [-0.2, -0.15) is 0 Å². The van der Waals surface area contributed by atoms with E-state index in [4.69, 9.17) is 10.5 Å². The van der Waals surface area contributed by atoms with Crippen molar-refractivity contribution in [3.63, 3.8) is 0 Å². The lowest BCUT2D eigenvalue weighted by Gasteiger charge is -2.11. The fraction of sp³-hybridized carbons (Fsp3) is 0.316. The van der Waals surface area contributed by atoms with E-state index in [-0.39, 0.29) is 17.9 Å². The molecule has 0 spiro atoms. The lowest BCUT2D eigenvalue weighted by molar-refractivity contribution is -0.119. The number of amides is 1. The SMILES string of the molecule is Cc1ccc(Oc2ccc(NC(=O)C3CCC(N)C3)cc2)cc1. The van der Waals surface area contributed by atoms with E-state index in [2.05, 4.69) is 5.32 Å². The summed E-state index contributed by atoms with van der Waals surface area (Å²) in [6.07, 6.45) is 2.59. The highest BCUT2D eigenvalue weighted by molar-refractivity contribution is 5.92. The highest BCUT2D eigenvalue weighted by Gasteiger charge is 2.27. The van der Waals surface area contributed by atoms with Crippen LogP contribution in [0.2, 0.25) is 0 Å². The van der Waals surface area contributed by atoms with E-state index in [0.717, 1.165) is 36.4 Å². The molecule has 1 aliphatic carbocycles. The van der Waals surface area contributed by atoms with Crippen LogP contribution in [0.4, 0.5) is 5.69 Å². The smallest absolute Gasteiger partial charge is 0.227 e. The largest absolute Gasteiger partial charge is 0.457 e. The van der Waals surface area contributed by atoms with Gasteiger partial charge in [0.15, 0.2) is 0 Å². The van der Waals surface area contributed by atoms with Crippen LogP contribution in [0.5, 0.6) is 11.5 Å². The number of hydrogen-bond donors (Lipinski definition) is 2. The average molecular weight is 310 g/mol. The number of hydrogen-bond acceptors (Lipinski definition) is 3. The maximum atomic E-state index is 12.2. The normalized spacial score (nSPS) is 20.3. The molecule has 3 N–H and O–H groups in total. The number of anilines is 1. The summed E-state index contributed by atoms with van der Waals surface area (Å²) >= 11 is 0. The molecular weight excluding hydrogens is 288 g/mol. The Labute approximate surface area is 136 Å². The molecule has 0 aromatic heterocycles. The van der Waals surface area contributed by atoms with Crippen molar-refractivity contribution in [2.45, 2.75) is 32.2 Å². The van der Waals surface area contributed by atoms with Crippen molar-refractivity contribution in [2.75, 3.05) is 5.32 Å². The van der Waals surface area contributed by atoms with Crippen LogP contribution in [0.1, 0.15) is 24.8 Å². The van der Waals surface area contributed by atoms with Gasteiger partial charge in [0.2, 0.25) is 5.91 Å². The van der Waals surface area contributed by atoms with Gasteiger partial charge in [-0.05, 0) is 62.6 Å². The molecule has 2 atom stereocenters. The Kier molecular flexibility index (Phi) is 4.63. The first-order valence-corrected chi connectivity index (χ1v) is 8.01. The Balaban J connectivity index is 1.58. The number of ether oxygens (including phenoxy) is 1. The Bertz CT molecular complexity index is 665. The Morgan fingerprint density at radius 3 is 2.22 bits per heavy atom. The predicted molar refractivity (Wildman–Crippen MR) is 91.6 cm³/mol. The zero-order valence-electron chi connectivity index (χ0n) is 13.3. The summed E-state index contributed by atoms with van der Waals surface area (Å²) in [4.78, 5) is 12.2. The van der Waals surface area contributed by atoms with Crippen LogP contribution in [0.3, 0.4) is 0 Å². The van der Waals surface area contributed by atoms with Crippen LogP contribution >= 0.6 is 0 Å².